The van der Waals surface area contributed by atoms with E-state index in [1.807, 2.05) is 0 Å². The van der Waals surface area contributed by atoms with Gasteiger partial charge in [0.25, 0.3) is 0 Å². The fourth-order valence-corrected chi connectivity index (χ4v) is 1.36. The molecule has 1 aromatic carbocycles. The predicted octanol–water partition coefficient (Wildman–Crippen LogP) is 2.12. The minimum absolute atomic E-state index is 1.16. The van der Waals surface area contributed by atoms with Crippen LogP contribution in [0.4, 0.5) is 0 Å². The molecule has 0 unspecified atom stereocenters. The first-order valence-corrected chi connectivity index (χ1v) is 4.41. The van der Waals surface area contributed by atoms with Crippen molar-refractivity contribution in [3.8, 4) is 0 Å². The minimum Gasteiger partial charge on any atom is -0.114 e. The third kappa shape index (κ3) is 1.87. The first-order chi connectivity index (χ1) is 4.84. The van der Waals surface area contributed by atoms with Crippen LogP contribution >= 0.6 is 0 Å². The summed E-state index contributed by atoms with van der Waals surface area (Å²) in [5.74, 6) is 0. The van der Waals surface area contributed by atoms with Crippen LogP contribution in [-0.2, 0) is 6.42 Å². The monoisotopic (exact) mass is 146 g/mol. The van der Waals surface area contributed by atoms with Crippen molar-refractivity contribution in [3.63, 3.8) is 0 Å². The maximum Gasteiger partial charge on any atom is 0.118 e. The van der Waals surface area contributed by atoms with Crippen molar-refractivity contribution in [2.45, 2.75) is 18.6 Å². The van der Waals surface area contributed by atoms with Gasteiger partial charge >= 0.3 is 0 Å². The Morgan fingerprint density at radius 1 is 1.30 bits per heavy atom. The van der Waals surface area contributed by atoms with Crippen LogP contribution in [0.2, 0.25) is 5.28 Å². The molecule has 10 heavy (non-hydrogen) atoms. The number of rotatable bonds is 2. The van der Waals surface area contributed by atoms with Crippen LogP contribution in [0.1, 0.15) is 11.1 Å². The molecule has 0 saturated carbocycles. The zero-order chi connectivity index (χ0) is 7.40. The number of hydrogen-bond acceptors (Lipinski definition) is 0. The van der Waals surface area contributed by atoms with Crippen molar-refractivity contribution < 1.29 is 0 Å². The molecule has 0 heterocycles. The Bertz CT molecular complexity index is 206. The first kappa shape index (κ1) is 7.86. The maximum atomic E-state index is 2.75. The molecular weight excluding hydrogens is 135 g/mol. The van der Waals surface area contributed by atoms with Crippen molar-refractivity contribution >= 4 is 16.3 Å². The summed E-state index contributed by atoms with van der Waals surface area (Å²) in [6.07, 6.45) is 1.18. The molecule has 0 nitrogen and oxygen atoms in total. The summed E-state index contributed by atoms with van der Waals surface area (Å²) in [7, 11) is 0. The number of benzene rings is 1. The van der Waals surface area contributed by atoms with E-state index in [-0.39, 0.29) is 0 Å². The van der Waals surface area contributed by atoms with Gasteiger partial charge in [0.1, 0.15) is 16.3 Å². The van der Waals surface area contributed by atoms with Gasteiger partial charge < -0.3 is 0 Å². The molecule has 0 N–H and O–H groups in total. The first-order valence-electron chi connectivity index (χ1n) is 3.59. The average Bonchev–Trinajstić information content (AvgIpc) is 1.94. The Hall–Kier alpha value is -0.248. The van der Waals surface area contributed by atoms with Gasteiger partial charge in [-0.15, -0.1) is 5.28 Å². The van der Waals surface area contributed by atoms with E-state index in [4.69, 9.17) is 0 Å². The molecule has 0 aliphatic heterocycles. The number of hydrogen-bond donors (Lipinski definition) is 0. The summed E-state index contributed by atoms with van der Waals surface area (Å²) in [6.45, 7) is 2.16. The van der Waals surface area contributed by atoms with Gasteiger partial charge in [-0.25, -0.2) is 0 Å². The molecule has 0 aliphatic carbocycles. The lowest BCUT2D eigenvalue weighted by molar-refractivity contribution is 1.10. The second-order valence-electron chi connectivity index (χ2n) is 2.47. The Morgan fingerprint density at radius 3 is 2.60 bits per heavy atom. The second-order valence-corrected chi connectivity index (χ2v) is 3.04. The molecule has 0 atom stereocenters. The zero-order valence-electron chi connectivity index (χ0n) is 6.30. The lowest BCUT2D eigenvalue weighted by atomic mass is 10.1. The normalized spacial score (nSPS) is 9.70. The van der Waals surface area contributed by atoms with Gasteiger partial charge in [0.15, 0.2) is 0 Å². The summed E-state index contributed by atoms with van der Waals surface area (Å²) in [6, 6.07) is 8.54. The molecule has 50 valence electrons. The Balaban J connectivity index is 2.81. The fourth-order valence-electron chi connectivity index (χ4n) is 1.05. The van der Waals surface area contributed by atoms with E-state index < -0.39 is 0 Å². The van der Waals surface area contributed by atoms with E-state index in [2.05, 4.69) is 47.5 Å². The van der Waals surface area contributed by atoms with Crippen molar-refractivity contribution in [2.24, 2.45) is 0 Å². The van der Waals surface area contributed by atoms with Crippen LogP contribution < -0.4 is 0 Å². The largest absolute Gasteiger partial charge is 0.118 e. The fraction of sp³-hybridized carbons (Fsp3) is 0.333. The van der Waals surface area contributed by atoms with Crippen LogP contribution in [0.25, 0.3) is 0 Å². The highest BCUT2D eigenvalue weighted by Crippen LogP contribution is 2.08. The molecule has 0 aromatic heterocycles. The molecule has 0 amide bonds. The Labute approximate surface area is 70.7 Å². The van der Waals surface area contributed by atoms with Crippen LogP contribution in [0.3, 0.4) is 0 Å². The molecule has 1 aromatic rings. The predicted molar refractivity (Wildman–Crippen MR) is 45.4 cm³/mol. The van der Waals surface area contributed by atoms with Gasteiger partial charge in [0, 0.05) is 0 Å². The van der Waals surface area contributed by atoms with E-state index in [0.29, 0.717) is 0 Å². The Kier molecular flexibility index (Phi) is 2.99. The van der Waals surface area contributed by atoms with Gasteiger partial charge in [-0.1, -0.05) is 24.3 Å². The molecule has 0 fully saturated rings. The lowest BCUT2D eigenvalue weighted by Gasteiger charge is -2.01. The van der Waals surface area contributed by atoms with Crippen LogP contribution in [-0.4, -0.2) is 16.3 Å². The van der Waals surface area contributed by atoms with E-state index in [1.54, 1.807) is 0 Å². The standard InChI is InChI=1S/C9H11.Al/c1-3-9-7-5-4-6-8(9)2;/h4-7H,1,3H2,2H3;. The summed E-state index contributed by atoms with van der Waals surface area (Å²) in [4.78, 5) is 0. The van der Waals surface area contributed by atoms with Crippen molar-refractivity contribution in [1.29, 1.82) is 0 Å². The Morgan fingerprint density at radius 2 is 2.00 bits per heavy atom. The van der Waals surface area contributed by atoms with Crippen molar-refractivity contribution in [2.75, 3.05) is 0 Å². The quantitative estimate of drug-likeness (QED) is 0.560. The number of aryl methyl sites for hydroxylation is 2. The highest BCUT2D eigenvalue weighted by molar-refractivity contribution is 6.08. The van der Waals surface area contributed by atoms with Gasteiger partial charge in [-0.05, 0) is 24.5 Å². The van der Waals surface area contributed by atoms with E-state index in [1.165, 1.54) is 17.5 Å². The lowest BCUT2D eigenvalue weighted by Crippen LogP contribution is -1.86. The SMILES string of the molecule is Cc1ccccc1C[CH2][Al]. The second kappa shape index (κ2) is 3.81. The van der Waals surface area contributed by atoms with Gasteiger partial charge in [-0.2, -0.15) is 0 Å². The van der Waals surface area contributed by atoms with Crippen molar-refractivity contribution in [3.05, 3.63) is 35.4 Å². The smallest absolute Gasteiger partial charge is 0.114 e. The molecule has 1 heteroatoms. The topological polar surface area (TPSA) is 0 Å². The van der Waals surface area contributed by atoms with Gasteiger partial charge in [-0.3, -0.25) is 0 Å². The highest BCUT2D eigenvalue weighted by Gasteiger charge is 1.92. The molecule has 0 saturated heterocycles. The molecule has 0 aliphatic rings. The average molecular weight is 146 g/mol. The minimum atomic E-state index is 1.16. The van der Waals surface area contributed by atoms with Gasteiger partial charge in [0.2, 0.25) is 0 Å². The van der Waals surface area contributed by atoms with Crippen molar-refractivity contribution in [1.82, 2.24) is 0 Å². The zero-order valence-corrected chi connectivity index (χ0v) is 7.46. The van der Waals surface area contributed by atoms with E-state index in [0.717, 1.165) is 5.28 Å². The van der Waals surface area contributed by atoms with E-state index in [9.17, 15) is 0 Å². The van der Waals surface area contributed by atoms with Crippen LogP contribution in [0.15, 0.2) is 24.3 Å². The summed E-state index contributed by atoms with van der Waals surface area (Å²) < 4.78 is 0. The van der Waals surface area contributed by atoms with Crippen LogP contribution in [0.5, 0.6) is 0 Å². The molecule has 0 spiro atoms. The third-order valence-electron chi connectivity index (χ3n) is 1.67. The summed E-state index contributed by atoms with van der Waals surface area (Å²) in [5, 5.41) is 1.16. The highest BCUT2D eigenvalue weighted by atomic mass is 27.0. The summed E-state index contributed by atoms with van der Waals surface area (Å²) >= 11 is 2.75. The van der Waals surface area contributed by atoms with Gasteiger partial charge in [0.05, 0.1) is 0 Å². The maximum absolute atomic E-state index is 2.75. The molecule has 1 rings (SSSR count). The molecular formula is C9H11Al. The third-order valence-corrected chi connectivity index (χ3v) is 1.96. The molecule has 0 bridgehead atoms. The van der Waals surface area contributed by atoms with Crippen LogP contribution in [0, 0.1) is 6.92 Å². The summed E-state index contributed by atoms with van der Waals surface area (Å²) in [5.41, 5.74) is 2.88. The van der Waals surface area contributed by atoms with E-state index >= 15 is 0 Å². The molecule has 2 radical (unpaired) electrons.